The number of fused-ring (bicyclic) bond motifs is 3. The van der Waals surface area contributed by atoms with Gasteiger partial charge in [0.1, 0.15) is 24.2 Å². The number of ether oxygens (including phenoxy) is 1. The first kappa shape index (κ1) is 17.8. The summed E-state index contributed by atoms with van der Waals surface area (Å²) in [6.45, 7) is 5.58. The van der Waals surface area contributed by atoms with Crippen molar-refractivity contribution in [3.63, 3.8) is 0 Å². The Morgan fingerprint density at radius 1 is 1.26 bits per heavy atom. The SMILES string of the molecule is C=CCN1C(=O)C2C(NC3N(c4ccc(OC)cc4)CCCN23)N(C)C1=O. The molecule has 144 valence electrons. The van der Waals surface area contributed by atoms with Crippen molar-refractivity contribution >= 4 is 17.6 Å². The number of carbonyl (C=O) groups is 2. The summed E-state index contributed by atoms with van der Waals surface area (Å²) >= 11 is 0. The van der Waals surface area contributed by atoms with Crippen LogP contribution in [0, 0.1) is 0 Å². The molecular formula is C19H25N5O3. The van der Waals surface area contributed by atoms with Gasteiger partial charge in [-0.25, -0.2) is 4.79 Å². The number of carbonyl (C=O) groups excluding carboxylic acids is 2. The molecule has 0 aliphatic carbocycles. The first-order valence-corrected chi connectivity index (χ1v) is 9.18. The predicted octanol–water partition coefficient (Wildman–Crippen LogP) is 0.869. The Morgan fingerprint density at radius 2 is 2.00 bits per heavy atom. The number of benzene rings is 1. The number of rotatable bonds is 4. The topological polar surface area (TPSA) is 68.4 Å². The van der Waals surface area contributed by atoms with Gasteiger partial charge in [-0.05, 0) is 30.7 Å². The van der Waals surface area contributed by atoms with Gasteiger partial charge in [-0.1, -0.05) is 6.08 Å². The maximum atomic E-state index is 13.0. The smallest absolute Gasteiger partial charge is 0.328 e. The van der Waals surface area contributed by atoms with Crippen LogP contribution in [0.1, 0.15) is 6.42 Å². The molecule has 3 amide bonds. The van der Waals surface area contributed by atoms with Gasteiger partial charge in [0, 0.05) is 32.4 Å². The summed E-state index contributed by atoms with van der Waals surface area (Å²) in [5.41, 5.74) is 1.06. The second-order valence-electron chi connectivity index (χ2n) is 7.04. The molecule has 1 aromatic carbocycles. The van der Waals surface area contributed by atoms with Gasteiger partial charge in [0.05, 0.1) is 7.11 Å². The van der Waals surface area contributed by atoms with Gasteiger partial charge >= 0.3 is 6.03 Å². The fraction of sp³-hybridized carbons (Fsp3) is 0.474. The van der Waals surface area contributed by atoms with Crippen molar-refractivity contribution in [1.29, 1.82) is 0 Å². The van der Waals surface area contributed by atoms with E-state index in [9.17, 15) is 9.59 Å². The fourth-order valence-electron chi connectivity index (χ4n) is 4.25. The highest BCUT2D eigenvalue weighted by molar-refractivity contribution is 6.00. The monoisotopic (exact) mass is 371 g/mol. The molecule has 27 heavy (non-hydrogen) atoms. The van der Waals surface area contributed by atoms with Gasteiger partial charge in [0.2, 0.25) is 0 Å². The van der Waals surface area contributed by atoms with Crippen molar-refractivity contribution in [3.8, 4) is 5.75 Å². The third-order valence-electron chi connectivity index (χ3n) is 5.59. The van der Waals surface area contributed by atoms with E-state index in [1.54, 1.807) is 25.1 Å². The molecule has 3 aliphatic rings. The Hall–Kier alpha value is -2.58. The highest BCUT2D eigenvalue weighted by Gasteiger charge is 2.55. The standard InChI is InChI=1S/C19H25N5O3/c1-4-10-24-17(25)15-16(21(2)19(24)26)20-18-22(11-5-12-23(15)18)13-6-8-14(27-3)9-7-13/h4,6-9,15-16,18,20H,1,5,10-12H2,2-3H3. The molecule has 3 fully saturated rings. The first-order chi connectivity index (χ1) is 13.1. The Morgan fingerprint density at radius 3 is 2.67 bits per heavy atom. The molecule has 1 aromatic rings. The quantitative estimate of drug-likeness (QED) is 0.792. The zero-order valence-corrected chi connectivity index (χ0v) is 15.7. The average molecular weight is 371 g/mol. The number of urea groups is 1. The normalized spacial score (nSPS) is 28.2. The van der Waals surface area contributed by atoms with E-state index < -0.39 is 6.04 Å². The van der Waals surface area contributed by atoms with Crippen LogP contribution in [0.2, 0.25) is 0 Å². The maximum Gasteiger partial charge on any atom is 0.328 e. The van der Waals surface area contributed by atoms with Crippen LogP contribution in [0.4, 0.5) is 10.5 Å². The molecule has 3 saturated heterocycles. The number of hydrogen-bond donors (Lipinski definition) is 1. The van der Waals surface area contributed by atoms with E-state index in [4.69, 9.17) is 4.74 Å². The van der Waals surface area contributed by atoms with E-state index in [0.717, 1.165) is 30.9 Å². The largest absolute Gasteiger partial charge is 0.497 e. The van der Waals surface area contributed by atoms with Crippen LogP contribution in [0.15, 0.2) is 36.9 Å². The van der Waals surface area contributed by atoms with E-state index in [-0.39, 0.29) is 30.9 Å². The molecule has 3 atom stereocenters. The summed E-state index contributed by atoms with van der Waals surface area (Å²) in [7, 11) is 3.39. The minimum atomic E-state index is -0.390. The van der Waals surface area contributed by atoms with E-state index in [2.05, 4.69) is 21.7 Å². The van der Waals surface area contributed by atoms with E-state index in [0.29, 0.717) is 0 Å². The Labute approximate surface area is 158 Å². The molecule has 3 heterocycles. The van der Waals surface area contributed by atoms with Gasteiger partial charge in [-0.15, -0.1) is 6.58 Å². The molecule has 3 aliphatic heterocycles. The Bertz CT molecular complexity index is 752. The third kappa shape index (κ3) is 2.76. The fourth-order valence-corrected chi connectivity index (χ4v) is 4.25. The summed E-state index contributed by atoms with van der Waals surface area (Å²) in [6, 6.07) is 7.23. The number of anilines is 1. The summed E-state index contributed by atoms with van der Waals surface area (Å²) in [6.07, 6.45) is 2.06. The van der Waals surface area contributed by atoms with Crippen LogP contribution < -0.4 is 15.0 Å². The number of hydrogen-bond acceptors (Lipinski definition) is 6. The Kier molecular flexibility index (Phi) is 4.53. The van der Waals surface area contributed by atoms with Gasteiger partial charge in [-0.2, -0.15) is 0 Å². The van der Waals surface area contributed by atoms with Gasteiger partial charge in [0.25, 0.3) is 5.91 Å². The zero-order chi connectivity index (χ0) is 19.1. The number of nitrogens with one attached hydrogen (secondary N) is 1. The van der Waals surface area contributed by atoms with Gasteiger partial charge in [0.15, 0.2) is 0 Å². The lowest BCUT2D eigenvalue weighted by Gasteiger charge is -2.43. The highest BCUT2D eigenvalue weighted by Crippen LogP contribution is 2.33. The lowest BCUT2D eigenvalue weighted by molar-refractivity contribution is -0.138. The molecule has 0 saturated carbocycles. The minimum Gasteiger partial charge on any atom is -0.497 e. The number of methoxy groups -OCH3 is 1. The highest BCUT2D eigenvalue weighted by atomic mass is 16.5. The number of imide groups is 1. The molecule has 8 nitrogen and oxygen atoms in total. The third-order valence-corrected chi connectivity index (χ3v) is 5.59. The number of nitrogens with zero attached hydrogens (tertiary/aromatic N) is 4. The summed E-state index contributed by atoms with van der Waals surface area (Å²) in [5.74, 6) is 0.649. The molecule has 0 bridgehead atoms. The molecule has 0 spiro atoms. The summed E-state index contributed by atoms with van der Waals surface area (Å²) in [5, 5.41) is 3.50. The van der Waals surface area contributed by atoms with Crippen molar-refractivity contribution in [2.45, 2.75) is 24.9 Å². The lowest BCUT2D eigenvalue weighted by Crippen LogP contribution is -2.66. The summed E-state index contributed by atoms with van der Waals surface area (Å²) < 4.78 is 5.25. The van der Waals surface area contributed by atoms with Crippen molar-refractivity contribution in [2.75, 3.05) is 38.7 Å². The van der Waals surface area contributed by atoms with Crippen molar-refractivity contribution in [1.82, 2.24) is 20.0 Å². The van der Waals surface area contributed by atoms with Crippen LogP contribution in [-0.2, 0) is 4.79 Å². The Balaban J connectivity index is 1.63. The van der Waals surface area contributed by atoms with Gasteiger partial charge in [-0.3, -0.25) is 19.9 Å². The van der Waals surface area contributed by atoms with Crippen LogP contribution in [0.5, 0.6) is 5.75 Å². The number of likely N-dealkylation sites (N-methyl/N-ethyl adjacent to an activating group) is 1. The van der Waals surface area contributed by atoms with Crippen LogP contribution in [0.3, 0.4) is 0 Å². The number of amides is 3. The van der Waals surface area contributed by atoms with Crippen molar-refractivity contribution < 1.29 is 14.3 Å². The molecule has 3 unspecified atom stereocenters. The molecular weight excluding hydrogens is 346 g/mol. The lowest BCUT2D eigenvalue weighted by atomic mass is 10.1. The maximum absolute atomic E-state index is 13.0. The molecule has 0 radical (unpaired) electrons. The molecule has 0 aromatic heterocycles. The second kappa shape index (κ2) is 6.86. The van der Waals surface area contributed by atoms with Crippen molar-refractivity contribution in [3.05, 3.63) is 36.9 Å². The average Bonchev–Trinajstić information content (AvgIpc) is 3.09. The summed E-state index contributed by atoms with van der Waals surface area (Å²) in [4.78, 5) is 33.0. The predicted molar refractivity (Wildman–Crippen MR) is 101 cm³/mol. The van der Waals surface area contributed by atoms with Crippen molar-refractivity contribution in [2.24, 2.45) is 0 Å². The van der Waals surface area contributed by atoms with E-state index in [1.165, 1.54) is 4.90 Å². The zero-order valence-electron chi connectivity index (χ0n) is 15.7. The van der Waals surface area contributed by atoms with Crippen LogP contribution >= 0.6 is 0 Å². The molecule has 1 N–H and O–H groups in total. The minimum absolute atomic E-state index is 0.134. The molecule has 8 heteroatoms. The second-order valence-corrected chi connectivity index (χ2v) is 7.04. The van der Waals surface area contributed by atoms with Crippen LogP contribution in [-0.4, -0.2) is 78.9 Å². The first-order valence-electron chi connectivity index (χ1n) is 9.18. The van der Waals surface area contributed by atoms with E-state index in [1.807, 2.05) is 24.3 Å². The van der Waals surface area contributed by atoms with Gasteiger partial charge < -0.3 is 14.5 Å². The van der Waals surface area contributed by atoms with E-state index >= 15 is 0 Å². The van der Waals surface area contributed by atoms with Crippen LogP contribution in [0.25, 0.3) is 0 Å². The molecule has 4 rings (SSSR count).